The number of rotatable bonds is 10. The molecular formula is C29H34N4O4. The molecule has 0 radical (unpaired) electrons. The number of hydrogen-bond donors (Lipinski definition) is 0. The molecule has 0 spiro atoms. The molecule has 0 aromatic heterocycles. The molecule has 0 unspecified atom stereocenters. The zero-order valence-electron chi connectivity index (χ0n) is 22.0. The van der Waals surface area contributed by atoms with E-state index in [4.69, 9.17) is 19.3 Å². The standard InChI is InChI=1S/C29H34N4O4/c1-6-31(7-2)22-15-17-23(18-16-22)32-27(29(34)37-8-3)30-33(24-12-10-9-11-13-24)28(32)21-14-19-25(35-4)26(20-21)36-5/h9-20,28H,6-8H2,1-5H3/t28-/m0/s1. The molecule has 0 fully saturated rings. The fourth-order valence-electron chi connectivity index (χ4n) is 4.52. The number of carbonyl (C=O) groups is 1. The summed E-state index contributed by atoms with van der Waals surface area (Å²) in [5.41, 5.74) is 3.65. The maximum Gasteiger partial charge on any atom is 0.376 e. The largest absolute Gasteiger partial charge is 0.493 e. The summed E-state index contributed by atoms with van der Waals surface area (Å²) < 4.78 is 16.5. The molecule has 0 N–H and O–H groups in total. The van der Waals surface area contributed by atoms with Crippen LogP contribution in [0.1, 0.15) is 32.5 Å². The maximum atomic E-state index is 13.2. The minimum Gasteiger partial charge on any atom is -0.493 e. The number of benzene rings is 3. The lowest BCUT2D eigenvalue weighted by molar-refractivity contribution is -0.135. The topological polar surface area (TPSA) is 66.8 Å². The molecule has 0 saturated heterocycles. The highest BCUT2D eigenvalue weighted by atomic mass is 16.5. The molecule has 0 amide bonds. The number of anilines is 3. The van der Waals surface area contributed by atoms with Gasteiger partial charge in [-0.05, 0) is 69.3 Å². The number of para-hydroxylation sites is 1. The zero-order chi connectivity index (χ0) is 26.4. The van der Waals surface area contributed by atoms with Gasteiger partial charge in [0.05, 0.1) is 26.5 Å². The van der Waals surface area contributed by atoms with Crippen LogP contribution in [0.2, 0.25) is 0 Å². The Morgan fingerprint density at radius 2 is 1.54 bits per heavy atom. The summed E-state index contributed by atoms with van der Waals surface area (Å²) in [6, 6.07) is 23.7. The van der Waals surface area contributed by atoms with Crippen molar-refractivity contribution in [2.24, 2.45) is 5.10 Å². The molecule has 1 heterocycles. The molecule has 194 valence electrons. The second-order valence-corrected chi connectivity index (χ2v) is 8.37. The van der Waals surface area contributed by atoms with Crippen LogP contribution >= 0.6 is 0 Å². The first kappa shape index (κ1) is 25.9. The monoisotopic (exact) mass is 502 g/mol. The Kier molecular flexibility index (Phi) is 8.18. The summed E-state index contributed by atoms with van der Waals surface area (Å²) >= 11 is 0. The minimum absolute atomic E-state index is 0.209. The average Bonchev–Trinajstić information content (AvgIpc) is 3.35. The molecule has 1 aliphatic rings. The van der Waals surface area contributed by atoms with Gasteiger partial charge in [-0.2, -0.15) is 0 Å². The second-order valence-electron chi connectivity index (χ2n) is 8.37. The Morgan fingerprint density at radius 3 is 2.14 bits per heavy atom. The fraction of sp³-hybridized carbons (Fsp3) is 0.310. The number of esters is 1. The number of carbonyl (C=O) groups excluding carboxylic acids is 1. The lowest BCUT2D eigenvalue weighted by atomic mass is 10.1. The van der Waals surface area contributed by atoms with E-state index < -0.39 is 12.1 Å². The van der Waals surface area contributed by atoms with Crippen LogP contribution in [0.15, 0.2) is 77.9 Å². The first-order valence-corrected chi connectivity index (χ1v) is 12.5. The number of hydrogen-bond acceptors (Lipinski definition) is 8. The Hall–Kier alpha value is -4.20. The van der Waals surface area contributed by atoms with Gasteiger partial charge < -0.3 is 19.1 Å². The maximum absolute atomic E-state index is 13.2. The zero-order valence-corrected chi connectivity index (χ0v) is 22.0. The third-order valence-corrected chi connectivity index (χ3v) is 6.35. The summed E-state index contributed by atoms with van der Waals surface area (Å²) in [6.07, 6.45) is -0.471. The highest BCUT2D eigenvalue weighted by Crippen LogP contribution is 2.41. The van der Waals surface area contributed by atoms with Crippen molar-refractivity contribution in [3.8, 4) is 11.5 Å². The molecule has 8 heteroatoms. The molecule has 8 nitrogen and oxygen atoms in total. The molecule has 1 atom stereocenters. The first-order chi connectivity index (χ1) is 18.1. The molecule has 0 saturated carbocycles. The van der Waals surface area contributed by atoms with E-state index in [-0.39, 0.29) is 12.4 Å². The molecule has 0 bridgehead atoms. The average molecular weight is 503 g/mol. The Labute approximate surface area is 218 Å². The predicted molar refractivity (Wildman–Crippen MR) is 148 cm³/mol. The van der Waals surface area contributed by atoms with E-state index in [1.807, 2.05) is 70.6 Å². The van der Waals surface area contributed by atoms with Gasteiger partial charge in [-0.3, -0.25) is 4.90 Å². The number of hydrazone groups is 1. The number of nitrogens with zero attached hydrogens (tertiary/aromatic N) is 4. The van der Waals surface area contributed by atoms with Crippen molar-refractivity contribution in [2.45, 2.75) is 26.9 Å². The summed E-state index contributed by atoms with van der Waals surface area (Å²) in [7, 11) is 3.21. The van der Waals surface area contributed by atoms with Crippen molar-refractivity contribution >= 4 is 28.9 Å². The molecule has 1 aliphatic heterocycles. The van der Waals surface area contributed by atoms with Crippen LogP contribution in [-0.4, -0.2) is 45.7 Å². The minimum atomic E-state index is -0.487. The van der Waals surface area contributed by atoms with Crippen LogP contribution in [0, 0.1) is 0 Å². The van der Waals surface area contributed by atoms with Gasteiger partial charge in [-0.15, -0.1) is 5.10 Å². The number of amidine groups is 1. The second kappa shape index (κ2) is 11.7. The highest BCUT2D eigenvalue weighted by molar-refractivity contribution is 6.42. The van der Waals surface area contributed by atoms with Gasteiger partial charge >= 0.3 is 5.97 Å². The third kappa shape index (κ3) is 5.18. The van der Waals surface area contributed by atoms with Crippen molar-refractivity contribution in [3.05, 3.63) is 78.4 Å². The fourth-order valence-corrected chi connectivity index (χ4v) is 4.52. The SMILES string of the molecule is CCOC(=O)C1=NN(c2ccccc2)[C@@H](c2ccc(OC)c(OC)c2)N1c1ccc(N(CC)CC)cc1. The van der Waals surface area contributed by atoms with E-state index >= 15 is 0 Å². The Bertz CT molecular complexity index is 1230. The number of methoxy groups -OCH3 is 2. The van der Waals surface area contributed by atoms with Gasteiger partial charge in [0.25, 0.3) is 0 Å². The molecular weight excluding hydrogens is 468 g/mol. The van der Waals surface area contributed by atoms with Crippen molar-refractivity contribution < 1.29 is 19.0 Å². The van der Waals surface area contributed by atoms with Gasteiger partial charge in [-0.1, -0.05) is 24.3 Å². The summed E-state index contributed by atoms with van der Waals surface area (Å²) in [5, 5.41) is 6.64. The van der Waals surface area contributed by atoms with Crippen LogP contribution in [0.4, 0.5) is 17.1 Å². The van der Waals surface area contributed by atoms with Crippen LogP contribution in [0.5, 0.6) is 11.5 Å². The van der Waals surface area contributed by atoms with E-state index in [1.165, 1.54) is 0 Å². The van der Waals surface area contributed by atoms with Gasteiger partial charge in [0, 0.05) is 30.0 Å². The molecule has 0 aliphatic carbocycles. The van der Waals surface area contributed by atoms with Crippen LogP contribution < -0.4 is 24.3 Å². The van der Waals surface area contributed by atoms with E-state index in [9.17, 15) is 4.79 Å². The quantitative estimate of drug-likeness (QED) is 0.342. The van der Waals surface area contributed by atoms with Gasteiger partial charge in [0.2, 0.25) is 5.84 Å². The molecule has 3 aromatic carbocycles. The van der Waals surface area contributed by atoms with Crippen LogP contribution in [0.3, 0.4) is 0 Å². The summed E-state index contributed by atoms with van der Waals surface area (Å²) in [6.45, 7) is 8.12. The predicted octanol–water partition coefficient (Wildman–Crippen LogP) is 5.45. The van der Waals surface area contributed by atoms with Crippen molar-refractivity contribution in [3.63, 3.8) is 0 Å². The van der Waals surface area contributed by atoms with E-state index in [1.54, 1.807) is 21.1 Å². The van der Waals surface area contributed by atoms with Crippen molar-refractivity contribution in [2.75, 3.05) is 48.7 Å². The van der Waals surface area contributed by atoms with Crippen LogP contribution in [0.25, 0.3) is 0 Å². The first-order valence-electron chi connectivity index (χ1n) is 12.5. The lowest BCUT2D eigenvalue weighted by Crippen LogP contribution is -2.39. The van der Waals surface area contributed by atoms with Gasteiger partial charge in [-0.25, -0.2) is 9.80 Å². The number of ether oxygens (including phenoxy) is 3. The molecule has 4 rings (SSSR count). The Morgan fingerprint density at radius 1 is 0.865 bits per heavy atom. The molecule has 37 heavy (non-hydrogen) atoms. The third-order valence-electron chi connectivity index (χ3n) is 6.35. The summed E-state index contributed by atoms with van der Waals surface area (Å²) in [4.78, 5) is 17.4. The van der Waals surface area contributed by atoms with E-state index in [0.717, 1.165) is 35.7 Å². The lowest BCUT2D eigenvalue weighted by Gasteiger charge is -2.32. The Balaban J connectivity index is 1.88. The smallest absolute Gasteiger partial charge is 0.376 e. The van der Waals surface area contributed by atoms with Crippen molar-refractivity contribution in [1.29, 1.82) is 0 Å². The van der Waals surface area contributed by atoms with Crippen LogP contribution in [-0.2, 0) is 9.53 Å². The highest BCUT2D eigenvalue weighted by Gasteiger charge is 2.41. The summed E-state index contributed by atoms with van der Waals surface area (Å²) in [5.74, 6) is 0.937. The van der Waals surface area contributed by atoms with Crippen molar-refractivity contribution in [1.82, 2.24) is 0 Å². The normalized spacial score (nSPS) is 14.8. The molecule has 3 aromatic rings. The van der Waals surface area contributed by atoms with Gasteiger partial charge in [0.15, 0.2) is 17.7 Å². The van der Waals surface area contributed by atoms with E-state index in [2.05, 4.69) is 30.9 Å². The van der Waals surface area contributed by atoms with Gasteiger partial charge in [0.1, 0.15) is 0 Å². The van der Waals surface area contributed by atoms with E-state index in [0.29, 0.717) is 11.5 Å².